The van der Waals surface area contributed by atoms with Crippen LogP contribution in [0.4, 0.5) is 18.0 Å². The Bertz CT molecular complexity index is 844. The van der Waals surface area contributed by atoms with Gasteiger partial charge in [0.2, 0.25) is 5.82 Å². The third-order valence-corrected chi connectivity index (χ3v) is 3.08. The van der Waals surface area contributed by atoms with E-state index in [9.17, 15) is 22.8 Å². The predicted molar refractivity (Wildman–Crippen MR) is 81.8 cm³/mol. The Labute approximate surface area is 139 Å². The minimum Gasteiger partial charge on any atom is -0.316 e. The fourth-order valence-corrected chi connectivity index (χ4v) is 1.99. The van der Waals surface area contributed by atoms with Gasteiger partial charge in [-0.2, -0.15) is 17.7 Å². The third kappa shape index (κ3) is 3.84. The van der Waals surface area contributed by atoms with Crippen molar-refractivity contribution in [3.05, 3.63) is 59.8 Å². The van der Waals surface area contributed by atoms with E-state index in [0.29, 0.717) is 10.6 Å². The maximum atomic E-state index is 12.8. The molecule has 0 aliphatic rings. The fraction of sp³-hybridized carbons (Fsp3) is 0.200. The minimum atomic E-state index is -4.62. The molecule has 0 aliphatic carbocycles. The lowest BCUT2D eigenvalue weighted by Gasteiger charge is -2.18. The first-order valence-electron chi connectivity index (χ1n) is 6.93. The number of hydrogen-bond donors (Lipinski definition) is 0. The number of carbonyl (C=O) groups is 1. The Morgan fingerprint density at radius 1 is 1.32 bits per heavy atom. The van der Waals surface area contributed by atoms with Crippen LogP contribution in [0.15, 0.2) is 53.0 Å². The molecule has 25 heavy (non-hydrogen) atoms. The van der Waals surface area contributed by atoms with Gasteiger partial charge in [-0.3, -0.25) is 9.51 Å². The molecule has 7 nitrogen and oxygen atoms in total. The number of pyridine rings is 1. The summed E-state index contributed by atoms with van der Waals surface area (Å²) in [6.07, 6.45) is -0.879. The molecule has 10 heteroatoms. The Hall–Kier alpha value is -3.17. The number of carbonyl (C=O) groups excluding carboxylic acids is 1. The second kappa shape index (κ2) is 7.16. The van der Waals surface area contributed by atoms with Crippen molar-refractivity contribution in [2.24, 2.45) is 0 Å². The highest BCUT2D eigenvalue weighted by Gasteiger charge is 2.32. The number of alkyl halides is 3. The summed E-state index contributed by atoms with van der Waals surface area (Å²) in [6.45, 7) is 7.15. The molecule has 1 amide bonds. The molecule has 0 bridgehead atoms. The lowest BCUT2D eigenvalue weighted by atomic mass is 10.2. The second-order valence-electron chi connectivity index (χ2n) is 4.80. The molecule has 132 valence electrons. The molecular weight excluding hydrogens is 341 g/mol. The van der Waals surface area contributed by atoms with E-state index in [-0.39, 0.29) is 18.8 Å². The van der Waals surface area contributed by atoms with Crippen LogP contribution in [-0.4, -0.2) is 38.7 Å². The molecule has 0 fully saturated rings. The van der Waals surface area contributed by atoms with Gasteiger partial charge in [-0.05, 0) is 12.1 Å². The van der Waals surface area contributed by atoms with Crippen LogP contribution in [-0.2, 0) is 6.18 Å². The summed E-state index contributed by atoms with van der Waals surface area (Å²) in [6, 6.07) is 0.586. The summed E-state index contributed by atoms with van der Waals surface area (Å²) in [5.74, 6) is -1.57. The molecule has 0 atom stereocenters. The van der Waals surface area contributed by atoms with Gasteiger partial charge in [-0.25, -0.2) is 9.59 Å². The van der Waals surface area contributed by atoms with Gasteiger partial charge in [0.15, 0.2) is 0 Å². The molecular formula is C15H13F3N4O3. The number of nitrogens with zero attached hydrogens (tertiary/aromatic N) is 4. The van der Waals surface area contributed by atoms with E-state index in [2.05, 4.69) is 27.8 Å². The van der Waals surface area contributed by atoms with Crippen LogP contribution in [0.3, 0.4) is 0 Å². The number of aromatic nitrogens is 3. The summed E-state index contributed by atoms with van der Waals surface area (Å²) >= 11 is 0. The highest BCUT2D eigenvalue weighted by molar-refractivity contribution is 5.80. The molecule has 0 saturated heterocycles. The molecule has 2 aromatic heterocycles. The standard InChI is InChI=1S/C15H13F3N4O3/c1-3-7-21(8-4-2)13(23)22-12(20-25-14(22)24)11-9-10(5-6-19-11)15(16,17)18/h3-6,9H,1-2,7-8H2. The first-order valence-corrected chi connectivity index (χ1v) is 6.93. The molecule has 2 heterocycles. The summed E-state index contributed by atoms with van der Waals surface area (Å²) < 4.78 is 43.5. The zero-order valence-electron chi connectivity index (χ0n) is 12.9. The van der Waals surface area contributed by atoms with Gasteiger partial charge in [-0.15, -0.1) is 13.2 Å². The number of rotatable bonds is 5. The van der Waals surface area contributed by atoms with Crippen molar-refractivity contribution in [1.29, 1.82) is 0 Å². The molecule has 0 saturated carbocycles. The van der Waals surface area contributed by atoms with Gasteiger partial charge < -0.3 is 4.90 Å². The van der Waals surface area contributed by atoms with Crippen LogP contribution >= 0.6 is 0 Å². The minimum absolute atomic E-state index is 0.0813. The topological polar surface area (TPSA) is 81.2 Å². The van der Waals surface area contributed by atoms with Crippen molar-refractivity contribution < 1.29 is 22.5 Å². The summed E-state index contributed by atoms with van der Waals surface area (Å²) in [4.78, 5) is 29.3. The Kier molecular flexibility index (Phi) is 5.20. The monoisotopic (exact) mass is 354 g/mol. The van der Waals surface area contributed by atoms with E-state index in [0.717, 1.165) is 12.3 Å². The van der Waals surface area contributed by atoms with Crippen molar-refractivity contribution in [1.82, 2.24) is 19.6 Å². The largest absolute Gasteiger partial charge is 0.450 e. The zero-order valence-corrected chi connectivity index (χ0v) is 12.9. The average Bonchev–Trinajstić information content (AvgIpc) is 2.95. The van der Waals surface area contributed by atoms with Crippen molar-refractivity contribution in [2.45, 2.75) is 6.18 Å². The van der Waals surface area contributed by atoms with Crippen LogP contribution in [0.25, 0.3) is 11.5 Å². The highest BCUT2D eigenvalue weighted by Crippen LogP contribution is 2.30. The molecule has 0 spiro atoms. The first-order chi connectivity index (χ1) is 11.8. The van der Waals surface area contributed by atoms with Crippen LogP contribution in [0.5, 0.6) is 0 Å². The summed E-state index contributed by atoms with van der Waals surface area (Å²) in [5.41, 5.74) is -1.33. The Morgan fingerprint density at radius 2 is 1.96 bits per heavy atom. The van der Waals surface area contributed by atoms with E-state index in [4.69, 9.17) is 0 Å². The summed E-state index contributed by atoms with van der Waals surface area (Å²) in [7, 11) is 0. The second-order valence-corrected chi connectivity index (χ2v) is 4.80. The quantitative estimate of drug-likeness (QED) is 0.771. The molecule has 0 N–H and O–H groups in total. The first kappa shape index (κ1) is 18.2. The molecule has 0 aliphatic heterocycles. The molecule has 0 aromatic carbocycles. The van der Waals surface area contributed by atoms with Gasteiger partial charge >= 0.3 is 18.0 Å². The van der Waals surface area contributed by atoms with Gasteiger partial charge in [0.1, 0.15) is 5.69 Å². The van der Waals surface area contributed by atoms with Gasteiger partial charge in [0.25, 0.3) is 0 Å². The lowest BCUT2D eigenvalue weighted by Crippen LogP contribution is -2.39. The van der Waals surface area contributed by atoms with Crippen molar-refractivity contribution in [3.8, 4) is 11.5 Å². The molecule has 2 aromatic rings. The Balaban J connectivity index is 2.53. The molecule has 0 radical (unpaired) electrons. The van der Waals surface area contributed by atoms with E-state index in [1.807, 2.05) is 0 Å². The lowest BCUT2D eigenvalue weighted by molar-refractivity contribution is -0.137. The number of amides is 1. The van der Waals surface area contributed by atoms with E-state index < -0.39 is 29.4 Å². The maximum Gasteiger partial charge on any atom is 0.450 e. The highest BCUT2D eigenvalue weighted by atomic mass is 19.4. The number of halogens is 3. The number of hydrogen-bond acceptors (Lipinski definition) is 5. The predicted octanol–water partition coefficient (Wildman–Crippen LogP) is 2.56. The van der Waals surface area contributed by atoms with Crippen molar-refractivity contribution >= 4 is 6.03 Å². The molecule has 0 unspecified atom stereocenters. The van der Waals surface area contributed by atoms with Crippen LogP contribution in [0, 0.1) is 0 Å². The van der Waals surface area contributed by atoms with Crippen LogP contribution in [0.2, 0.25) is 0 Å². The fourth-order valence-electron chi connectivity index (χ4n) is 1.99. The van der Waals surface area contributed by atoms with E-state index >= 15 is 0 Å². The van der Waals surface area contributed by atoms with E-state index in [1.54, 1.807) is 0 Å². The Morgan fingerprint density at radius 3 is 2.52 bits per heavy atom. The maximum absolute atomic E-state index is 12.8. The van der Waals surface area contributed by atoms with Gasteiger partial charge in [-0.1, -0.05) is 17.3 Å². The average molecular weight is 354 g/mol. The summed E-state index contributed by atoms with van der Waals surface area (Å²) in [5, 5.41) is 3.38. The normalized spacial score (nSPS) is 11.2. The van der Waals surface area contributed by atoms with Crippen LogP contribution < -0.4 is 5.76 Å². The third-order valence-electron chi connectivity index (χ3n) is 3.08. The zero-order chi connectivity index (χ0) is 18.6. The smallest absolute Gasteiger partial charge is 0.316 e. The van der Waals surface area contributed by atoms with Crippen molar-refractivity contribution in [2.75, 3.05) is 13.1 Å². The SMILES string of the molecule is C=CCN(CC=C)C(=O)n1c(-c2cc(C(F)(F)F)ccn2)noc1=O. The van der Waals surface area contributed by atoms with Crippen molar-refractivity contribution in [3.63, 3.8) is 0 Å². The van der Waals surface area contributed by atoms with Gasteiger partial charge in [0.05, 0.1) is 5.56 Å². The van der Waals surface area contributed by atoms with Gasteiger partial charge in [0, 0.05) is 19.3 Å². The molecule has 2 rings (SSSR count). The van der Waals surface area contributed by atoms with Crippen LogP contribution in [0.1, 0.15) is 5.56 Å². The van der Waals surface area contributed by atoms with E-state index in [1.165, 1.54) is 17.1 Å².